The van der Waals surface area contributed by atoms with E-state index in [9.17, 15) is 4.79 Å². The second kappa shape index (κ2) is 7.86. The first kappa shape index (κ1) is 18.4. The van der Waals surface area contributed by atoms with Crippen LogP contribution in [0, 0.1) is 20.8 Å². The molecule has 138 valence electrons. The van der Waals surface area contributed by atoms with Crippen molar-refractivity contribution >= 4 is 29.0 Å². The number of nitrogens with zero attached hydrogens (tertiary/aromatic N) is 2. The van der Waals surface area contributed by atoms with Crippen molar-refractivity contribution in [3.8, 4) is 0 Å². The largest absolute Gasteiger partial charge is 0.465 e. The molecule has 2 N–H and O–H groups in total. The van der Waals surface area contributed by atoms with Gasteiger partial charge in [-0.3, -0.25) is 0 Å². The predicted octanol–water partition coefficient (Wildman–Crippen LogP) is 4.68. The summed E-state index contributed by atoms with van der Waals surface area (Å²) in [5.41, 5.74) is 4.38. The minimum absolute atomic E-state index is 0.405. The maximum absolute atomic E-state index is 12.0. The summed E-state index contributed by atoms with van der Waals surface area (Å²) in [7, 11) is 1.36. The van der Waals surface area contributed by atoms with Crippen LogP contribution >= 0.6 is 0 Å². The number of hydrogen-bond donors (Lipinski definition) is 2. The number of aromatic nitrogens is 2. The lowest BCUT2D eigenvalue weighted by Crippen LogP contribution is -2.07. The molecule has 6 heteroatoms. The van der Waals surface area contributed by atoms with Gasteiger partial charge in [0.15, 0.2) is 0 Å². The minimum atomic E-state index is -0.405. The summed E-state index contributed by atoms with van der Waals surface area (Å²) in [5, 5.41) is 6.50. The molecule has 1 aromatic heterocycles. The Morgan fingerprint density at radius 3 is 2.19 bits per heavy atom. The van der Waals surface area contributed by atoms with Crippen LogP contribution in [0.2, 0.25) is 0 Å². The number of carbonyl (C=O) groups excluding carboxylic acids is 1. The number of nitrogens with one attached hydrogen (secondary N) is 2. The molecule has 0 radical (unpaired) electrons. The Bertz CT molecular complexity index is 965. The zero-order chi connectivity index (χ0) is 19.4. The summed E-state index contributed by atoms with van der Waals surface area (Å²) in [6, 6.07) is 15.2. The molecule has 3 aromatic rings. The van der Waals surface area contributed by atoms with Gasteiger partial charge >= 0.3 is 5.97 Å². The van der Waals surface area contributed by atoms with Gasteiger partial charge in [0.25, 0.3) is 0 Å². The van der Waals surface area contributed by atoms with Gasteiger partial charge in [0.1, 0.15) is 17.5 Å². The van der Waals surface area contributed by atoms with E-state index >= 15 is 0 Å². The van der Waals surface area contributed by atoms with Gasteiger partial charge in [-0.05, 0) is 56.2 Å². The number of methoxy groups -OCH3 is 1. The summed E-state index contributed by atoms with van der Waals surface area (Å²) in [6.07, 6.45) is 0. The van der Waals surface area contributed by atoms with Crippen molar-refractivity contribution < 1.29 is 9.53 Å². The number of benzene rings is 2. The minimum Gasteiger partial charge on any atom is -0.465 e. The van der Waals surface area contributed by atoms with E-state index in [0.717, 1.165) is 5.69 Å². The Balaban J connectivity index is 1.89. The zero-order valence-electron chi connectivity index (χ0n) is 15.8. The van der Waals surface area contributed by atoms with Gasteiger partial charge in [0.05, 0.1) is 18.4 Å². The van der Waals surface area contributed by atoms with Crippen LogP contribution in [0.4, 0.5) is 23.0 Å². The number of anilines is 4. The molecule has 6 nitrogen and oxygen atoms in total. The highest BCUT2D eigenvalue weighted by Crippen LogP contribution is 2.24. The van der Waals surface area contributed by atoms with E-state index in [2.05, 4.69) is 52.6 Å². The maximum Gasteiger partial charge on any atom is 0.339 e. The van der Waals surface area contributed by atoms with E-state index in [1.807, 2.05) is 13.0 Å². The fourth-order valence-electron chi connectivity index (χ4n) is 2.91. The molecule has 0 spiro atoms. The smallest absolute Gasteiger partial charge is 0.339 e. The summed E-state index contributed by atoms with van der Waals surface area (Å²) in [4.78, 5) is 20.8. The summed E-state index contributed by atoms with van der Waals surface area (Å²) >= 11 is 0. The second-order valence-corrected chi connectivity index (χ2v) is 6.35. The van der Waals surface area contributed by atoms with Crippen LogP contribution in [0.3, 0.4) is 0 Å². The number of carbonyl (C=O) groups is 1. The molecule has 0 amide bonds. The number of hydrogen-bond acceptors (Lipinski definition) is 6. The highest BCUT2D eigenvalue weighted by atomic mass is 16.5. The van der Waals surface area contributed by atoms with Crippen molar-refractivity contribution in [1.29, 1.82) is 0 Å². The molecule has 27 heavy (non-hydrogen) atoms. The molecule has 0 fully saturated rings. The third-order valence-electron chi connectivity index (χ3n) is 3.93. The molecule has 0 aliphatic rings. The SMILES string of the molecule is COC(=O)c1ccccc1Nc1cc(Nc2cc(C)cc(C)c2)nc(C)n1. The highest BCUT2D eigenvalue weighted by Gasteiger charge is 2.12. The summed E-state index contributed by atoms with van der Waals surface area (Å²) < 4.78 is 4.84. The third kappa shape index (κ3) is 4.61. The molecular formula is C21H22N4O2. The second-order valence-electron chi connectivity index (χ2n) is 6.35. The van der Waals surface area contributed by atoms with Crippen molar-refractivity contribution in [2.24, 2.45) is 0 Å². The quantitative estimate of drug-likeness (QED) is 0.642. The molecule has 0 aliphatic heterocycles. The van der Waals surface area contributed by atoms with Crippen LogP contribution in [0.15, 0.2) is 48.5 Å². The van der Waals surface area contributed by atoms with Crippen LogP contribution in [0.5, 0.6) is 0 Å². The number of ether oxygens (including phenoxy) is 1. The molecule has 0 unspecified atom stereocenters. The normalized spacial score (nSPS) is 10.4. The monoisotopic (exact) mass is 362 g/mol. The van der Waals surface area contributed by atoms with Gasteiger partial charge in [-0.2, -0.15) is 0 Å². The molecule has 2 aromatic carbocycles. The fraction of sp³-hybridized carbons (Fsp3) is 0.190. The molecule has 1 heterocycles. The number of aryl methyl sites for hydroxylation is 3. The van der Waals surface area contributed by atoms with Crippen LogP contribution in [-0.4, -0.2) is 23.0 Å². The first-order valence-corrected chi connectivity index (χ1v) is 8.60. The van der Waals surface area contributed by atoms with E-state index in [1.54, 1.807) is 24.3 Å². The number of esters is 1. The van der Waals surface area contributed by atoms with Crippen LogP contribution in [0.1, 0.15) is 27.3 Å². The lowest BCUT2D eigenvalue weighted by molar-refractivity contribution is 0.0602. The zero-order valence-corrected chi connectivity index (χ0v) is 15.8. The average Bonchev–Trinajstić information content (AvgIpc) is 2.60. The van der Waals surface area contributed by atoms with E-state index < -0.39 is 5.97 Å². The maximum atomic E-state index is 12.0. The van der Waals surface area contributed by atoms with Gasteiger partial charge in [-0.15, -0.1) is 0 Å². The first-order chi connectivity index (χ1) is 12.9. The fourth-order valence-corrected chi connectivity index (χ4v) is 2.91. The lowest BCUT2D eigenvalue weighted by atomic mass is 10.1. The van der Waals surface area contributed by atoms with E-state index in [-0.39, 0.29) is 0 Å². The van der Waals surface area contributed by atoms with Gasteiger partial charge in [-0.25, -0.2) is 14.8 Å². The molecule has 3 rings (SSSR count). The van der Waals surface area contributed by atoms with Gasteiger partial charge in [-0.1, -0.05) is 18.2 Å². The van der Waals surface area contributed by atoms with Crippen molar-refractivity contribution in [3.05, 3.63) is 71.0 Å². The van der Waals surface area contributed by atoms with E-state index in [4.69, 9.17) is 4.74 Å². The van der Waals surface area contributed by atoms with Gasteiger partial charge < -0.3 is 15.4 Å². The first-order valence-electron chi connectivity index (χ1n) is 8.60. The Morgan fingerprint density at radius 1 is 0.889 bits per heavy atom. The third-order valence-corrected chi connectivity index (χ3v) is 3.93. The molecule has 0 aliphatic carbocycles. The molecular weight excluding hydrogens is 340 g/mol. The number of rotatable bonds is 5. The lowest BCUT2D eigenvalue weighted by Gasteiger charge is -2.13. The van der Waals surface area contributed by atoms with Crippen LogP contribution < -0.4 is 10.6 Å². The Morgan fingerprint density at radius 2 is 1.52 bits per heavy atom. The topological polar surface area (TPSA) is 76.1 Å². The molecule has 0 atom stereocenters. The predicted molar refractivity (Wildman–Crippen MR) is 107 cm³/mol. The van der Waals surface area contributed by atoms with Gasteiger partial charge in [0.2, 0.25) is 0 Å². The van der Waals surface area contributed by atoms with Gasteiger partial charge in [0, 0.05) is 11.8 Å². The molecule has 0 bridgehead atoms. The van der Waals surface area contributed by atoms with Crippen molar-refractivity contribution in [3.63, 3.8) is 0 Å². The van der Waals surface area contributed by atoms with Crippen molar-refractivity contribution in [2.45, 2.75) is 20.8 Å². The highest BCUT2D eigenvalue weighted by molar-refractivity contribution is 5.96. The summed E-state index contributed by atoms with van der Waals surface area (Å²) in [6.45, 7) is 5.93. The Labute approximate surface area is 158 Å². The van der Waals surface area contributed by atoms with Crippen LogP contribution in [0.25, 0.3) is 0 Å². The van der Waals surface area contributed by atoms with Crippen LogP contribution in [-0.2, 0) is 4.74 Å². The Hall–Kier alpha value is -3.41. The van der Waals surface area contributed by atoms with Crippen molar-refractivity contribution in [1.82, 2.24) is 9.97 Å². The Kier molecular flexibility index (Phi) is 5.35. The van der Waals surface area contributed by atoms with E-state index in [0.29, 0.717) is 28.7 Å². The number of para-hydroxylation sites is 1. The molecule has 0 saturated carbocycles. The summed E-state index contributed by atoms with van der Waals surface area (Å²) in [5.74, 6) is 1.47. The van der Waals surface area contributed by atoms with Crippen molar-refractivity contribution in [2.75, 3.05) is 17.7 Å². The van der Waals surface area contributed by atoms with E-state index in [1.165, 1.54) is 18.2 Å². The molecule has 0 saturated heterocycles. The average molecular weight is 362 g/mol. The standard InChI is InChI=1S/C21H22N4O2/c1-13-9-14(2)11-16(10-13)24-19-12-20(23-15(3)22-19)25-18-8-6-5-7-17(18)21(26)27-4/h5-12H,1-4H3,(H2,22,23,24,25).